The molecular formula is C73H82BN3. The van der Waals surface area contributed by atoms with E-state index in [1.807, 2.05) is 0 Å². The maximum Gasteiger partial charge on any atom is 0.252 e. The lowest BCUT2D eigenvalue weighted by Crippen LogP contribution is -2.65. The molecule has 0 bridgehead atoms. The summed E-state index contributed by atoms with van der Waals surface area (Å²) >= 11 is 0. The molecular weight excluding hydrogens is 930 g/mol. The van der Waals surface area contributed by atoms with Gasteiger partial charge in [-0.2, -0.15) is 0 Å². The average Bonchev–Trinajstić information content (AvgIpc) is 3.88. The van der Waals surface area contributed by atoms with Crippen LogP contribution in [0.4, 0.5) is 39.8 Å². The second kappa shape index (κ2) is 15.6. The second-order valence-corrected chi connectivity index (χ2v) is 29.3. The smallest absolute Gasteiger partial charge is 0.252 e. The first-order chi connectivity index (χ1) is 38.0. The van der Waals surface area contributed by atoms with E-state index < -0.39 is 11.0 Å². The van der Waals surface area contributed by atoms with E-state index in [-0.39, 0.29) is 63.5 Å². The van der Waals surface area contributed by atoms with Crippen molar-refractivity contribution >= 4 is 62.9 Å². The van der Waals surface area contributed by atoms with Gasteiger partial charge >= 0.3 is 0 Å². The molecule has 0 amide bonds. The van der Waals surface area contributed by atoms with Gasteiger partial charge in [-0.3, -0.25) is 0 Å². The SMILES string of the molecule is [2H]c1c([2H])c([2H])c2c(c1[2H])N(c1cc3c4c(c1)N1c5c(cc(C(C)(C)C)cc5C5(C)CCCCC15C)B4c1c(ccc4c1-c1cc(C(C)(C)C)ccc1C4(C)C)N3c1ccc(C(C)(C)C)cc1-c1ccccc1)C1(C)CCCCC21C. The first kappa shape index (κ1) is 44.9. The van der Waals surface area contributed by atoms with E-state index in [2.05, 4.69) is 222 Å². The number of rotatable bonds is 3. The summed E-state index contributed by atoms with van der Waals surface area (Å²) in [5.74, 6) is 0. The molecule has 392 valence electrons. The number of hydrogen-bond donors (Lipinski definition) is 0. The minimum atomic E-state index is -0.546. The first-order valence-electron chi connectivity index (χ1n) is 31.4. The summed E-state index contributed by atoms with van der Waals surface area (Å²) < 4.78 is 38.3. The van der Waals surface area contributed by atoms with Crippen molar-refractivity contribution in [2.75, 3.05) is 14.7 Å². The van der Waals surface area contributed by atoms with E-state index in [1.54, 1.807) is 0 Å². The molecule has 0 N–H and O–H groups in total. The molecule has 4 aliphatic heterocycles. The lowest BCUT2D eigenvalue weighted by molar-refractivity contribution is 0.194. The number of hydrogen-bond acceptors (Lipinski definition) is 3. The Morgan fingerprint density at radius 2 is 1.04 bits per heavy atom. The summed E-state index contributed by atoms with van der Waals surface area (Å²) in [4.78, 5) is 7.98. The normalized spacial score (nSPS) is 25.9. The van der Waals surface area contributed by atoms with Gasteiger partial charge < -0.3 is 14.7 Å². The quantitative estimate of drug-likeness (QED) is 0.163. The maximum absolute atomic E-state index is 10.0. The van der Waals surface area contributed by atoms with Gasteiger partial charge in [0.15, 0.2) is 0 Å². The molecule has 4 atom stereocenters. The van der Waals surface area contributed by atoms with Crippen LogP contribution in [-0.2, 0) is 32.5 Å². The van der Waals surface area contributed by atoms with Crippen molar-refractivity contribution in [3.8, 4) is 22.3 Å². The average molecular weight is 1020 g/mol. The van der Waals surface area contributed by atoms with Crippen molar-refractivity contribution in [2.45, 2.75) is 199 Å². The molecule has 0 saturated heterocycles. The van der Waals surface area contributed by atoms with Crippen molar-refractivity contribution in [2.24, 2.45) is 0 Å². The van der Waals surface area contributed by atoms with Crippen LogP contribution in [0.5, 0.6) is 0 Å². The third-order valence-electron chi connectivity index (χ3n) is 21.7. The predicted octanol–water partition coefficient (Wildman–Crippen LogP) is 17.6. The van der Waals surface area contributed by atoms with E-state index in [9.17, 15) is 5.48 Å². The molecule has 4 heterocycles. The van der Waals surface area contributed by atoms with Crippen LogP contribution in [0.3, 0.4) is 0 Å². The number of nitrogens with zero attached hydrogens (tertiary/aromatic N) is 3. The molecule has 7 aliphatic rings. The maximum atomic E-state index is 10.0. The van der Waals surface area contributed by atoms with E-state index in [0.717, 1.165) is 67.6 Å². The van der Waals surface area contributed by atoms with Gasteiger partial charge in [0.25, 0.3) is 6.71 Å². The van der Waals surface area contributed by atoms with Crippen molar-refractivity contribution in [1.82, 2.24) is 0 Å². The highest BCUT2D eigenvalue weighted by Crippen LogP contribution is 2.66. The van der Waals surface area contributed by atoms with E-state index in [0.29, 0.717) is 5.69 Å². The summed E-state index contributed by atoms with van der Waals surface area (Å²) in [5.41, 5.74) is 23.8. The van der Waals surface area contributed by atoms with Gasteiger partial charge in [0.1, 0.15) is 0 Å². The topological polar surface area (TPSA) is 9.72 Å². The molecule has 4 heteroatoms. The summed E-state index contributed by atoms with van der Waals surface area (Å²) in [5, 5.41) is 0. The van der Waals surface area contributed by atoms with Crippen molar-refractivity contribution in [3.63, 3.8) is 0 Å². The number of benzene rings is 7. The molecule has 0 spiro atoms. The van der Waals surface area contributed by atoms with Crippen LogP contribution in [0.2, 0.25) is 0 Å². The highest BCUT2D eigenvalue weighted by molar-refractivity contribution is 7.01. The Hall–Kier alpha value is -6.00. The van der Waals surface area contributed by atoms with Crippen LogP contribution in [0.1, 0.15) is 200 Å². The van der Waals surface area contributed by atoms with Crippen LogP contribution in [0.15, 0.2) is 127 Å². The van der Waals surface area contributed by atoms with Crippen molar-refractivity contribution in [3.05, 3.63) is 166 Å². The Kier molecular flexibility index (Phi) is 9.12. The summed E-state index contributed by atoms with van der Waals surface area (Å²) in [6.07, 6.45) is 8.25. The Morgan fingerprint density at radius 1 is 0.468 bits per heavy atom. The van der Waals surface area contributed by atoms with Crippen LogP contribution >= 0.6 is 0 Å². The monoisotopic (exact) mass is 1020 g/mol. The molecule has 2 fully saturated rings. The van der Waals surface area contributed by atoms with E-state index >= 15 is 0 Å². The molecule has 2 saturated carbocycles. The zero-order valence-electron chi connectivity index (χ0n) is 52.9. The number of para-hydroxylation sites is 1. The minimum Gasteiger partial charge on any atom is -0.335 e. The Labute approximate surface area is 468 Å². The minimum absolute atomic E-state index is 0.0558. The molecule has 0 aromatic heterocycles. The fourth-order valence-corrected chi connectivity index (χ4v) is 16.8. The molecule has 7 aromatic rings. The zero-order chi connectivity index (χ0) is 57.4. The molecule has 4 unspecified atom stereocenters. The van der Waals surface area contributed by atoms with Gasteiger partial charge in [0.05, 0.1) is 22.2 Å². The lowest BCUT2D eigenvalue weighted by Gasteiger charge is -2.54. The first-order valence-corrected chi connectivity index (χ1v) is 29.4. The highest BCUT2D eigenvalue weighted by atomic mass is 15.3. The lowest BCUT2D eigenvalue weighted by atomic mass is 9.32. The molecule has 14 rings (SSSR count). The third-order valence-corrected chi connectivity index (χ3v) is 21.7. The van der Waals surface area contributed by atoms with Crippen LogP contribution < -0.4 is 31.1 Å². The molecule has 0 radical (unpaired) electrons. The van der Waals surface area contributed by atoms with Gasteiger partial charge in [-0.1, -0.05) is 207 Å². The Bertz CT molecular complexity index is 3910. The second-order valence-electron chi connectivity index (χ2n) is 29.3. The van der Waals surface area contributed by atoms with Crippen molar-refractivity contribution < 1.29 is 5.48 Å². The van der Waals surface area contributed by atoms with Gasteiger partial charge in [0, 0.05) is 55.9 Å². The van der Waals surface area contributed by atoms with Gasteiger partial charge in [-0.05, 0) is 164 Å². The molecule has 3 nitrogen and oxygen atoms in total. The third kappa shape index (κ3) is 6.34. The Morgan fingerprint density at radius 3 is 1.71 bits per heavy atom. The molecule has 77 heavy (non-hydrogen) atoms. The molecule has 3 aliphatic carbocycles. The summed E-state index contributed by atoms with van der Waals surface area (Å²) in [6.45, 7) is 35.8. The van der Waals surface area contributed by atoms with Crippen molar-refractivity contribution in [1.29, 1.82) is 0 Å². The van der Waals surface area contributed by atoms with Crippen LogP contribution in [0.25, 0.3) is 22.3 Å². The number of anilines is 7. The fourth-order valence-electron chi connectivity index (χ4n) is 16.8. The fraction of sp³-hybridized carbons (Fsp3) is 0.425. The number of fused-ring (bicyclic) bond motifs is 14. The standard InChI is InChI=1S/C73H82BN3/c1-66(2,3)46-29-31-52-51(40-46)62-54(69(52,10)11)32-34-59-64(62)74-56-42-48(68(7,8)9)41-55-65(56)77(73(15)38-24-22-36-71(55,73)13)61-44-49(76-58-28-20-19-27-53(58)70(12)35-21-23-37-72(70,76)14)43-60(63(61)74)75(59)57-33-30-47(67(4,5)6)39-50(57)45-25-17-16-18-26-45/h16-20,25-34,39-44H,21-24,35-38H2,1-15H3/i19D,20D,27D,28D. The largest absolute Gasteiger partial charge is 0.335 e. The van der Waals surface area contributed by atoms with Crippen LogP contribution in [0, 0.1) is 0 Å². The van der Waals surface area contributed by atoms with E-state index in [4.69, 9.17) is 0 Å². The predicted molar refractivity (Wildman–Crippen MR) is 330 cm³/mol. The van der Waals surface area contributed by atoms with Crippen LogP contribution in [-0.4, -0.2) is 17.8 Å². The Balaban J connectivity index is 1.19. The highest BCUT2D eigenvalue weighted by Gasteiger charge is 2.63. The van der Waals surface area contributed by atoms with Gasteiger partial charge in [-0.15, -0.1) is 0 Å². The zero-order valence-corrected chi connectivity index (χ0v) is 48.9. The summed E-state index contributed by atoms with van der Waals surface area (Å²) in [7, 11) is 0. The summed E-state index contributed by atoms with van der Waals surface area (Å²) in [6, 6.07) is 40.8. The molecule has 7 aromatic carbocycles. The van der Waals surface area contributed by atoms with E-state index in [1.165, 1.54) is 95.5 Å². The van der Waals surface area contributed by atoms with Gasteiger partial charge in [-0.25, -0.2) is 0 Å². The van der Waals surface area contributed by atoms with Gasteiger partial charge in [0.2, 0.25) is 0 Å².